The average Bonchev–Trinajstić information content (AvgIpc) is 2.41. The molecule has 0 aliphatic rings. The lowest BCUT2D eigenvalue weighted by molar-refractivity contribution is -0.385. The summed E-state index contributed by atoms with van der Waals surface area (Å²) in [6.07, 6.45) is 0. The molecule has 0 saturated heterocycles. The Morgan fingerprint density at radius 3 is 2.75 bits per heavy atom. The van der Waals surface area contributed by atoms with Crippen molar-refractivity contribution in [3.8, 4) is 5.75 Å². The van der Waals surface area contributed by atoms with Crippen LogP contribution in [0.5, 0.6) is 5.75 Å². The van der Waals surface area contributed by atoms with Crippen molar-refractivity contribution in [1.82, 2.24) is 0 Å². The third-order valence-electron chi connectivity index (χ3n) is 2.93. The van der Waals surface area contributed by atoms with Crippen LogP contribution in [0.1, 0.15) is 11.1 Å². The monoisotopic (exact) mass is 292 g/mol. The summed E-state index contributed by atoms with van der Waals surface area (Å²) in [6, 6.07) is 9.65. The van der Waals surface area contributed by atoms with Crippen LogP contribution >= 0.6 is 11.6 Å². The van der Waals surface area contributed by atoms with Crippen LogP contribution in [0.25, 0.3) is 0 Å². The molecule has 5 nitrogen and oxygen atoms in total. The van der Waals surface area contributed by atoms with Crippen molar-refractivity contribution in [1.29, 1.82) is 0 Å². The fourth-order valence-electron chi connectivity index (χ4n) is 1.81. The molecule has 0 fully saturated rings. The number of nitrogens with zero attached hydrogens (tertiary/aromatic N) is 1. The van der Waals surface area contributed by atoms with Gasteiger partial charge in [0.15, 0.2) is 0 Å². The highest BCUT2D eigenvalue weighted by molar-refractivity contribution is 6.30. The number of aromatic hydroxyl groups is 1. The molecule has 0 saturated carbocycles. The van der Waals surface area contributed by atoms with Gasteiger partial charge < -0.3 is 10.4 Å². The van der Waals surface area contributed by atoms with Crippen molar-refractivity contribution in [2.45, 2.75) is 13.5 Å². The second-order valence-corrected chi connectivity index (χ2v) is 4.82. The lowest BCUT2D eigenvalue weighted by atomic mass is 10.1. The Kier molecular flexibility index (Phi) is 4.10. The van der Waals surface area contributed by atoms with E-state index in [-0.39, 0.29) is 11.4 Å². The summed E-state index contributed by atoms with van der Waals surface area (Å²) < 4.78 is 0. The molecule has 2 aromatic rings. The highest BCUT2D eigenvalue weighted by Crippen LogP contribution is 2.25. The Balaban J connectivity index is 2.17. The molecule has 0 amide bonds. The van der Waals surface area contributed by atoms with E-state index in [1.54, 1.807) is 31.2 Å². The first-order chi connectivity index (χ1) is 9.47. The van der Waals surface area contributed by atoms with Crippen LogP contribution in [0.15, 0.2) is 36.4 Å². The highest BCUT2D eigenvalue weighted by Gasteiger charge is 2.11. The number of hydrogen-bond acceptors (Lipinski definition) is 4. The Hall–Kier alpha value is -2.27. The van der Waals surface area contributed by atoms with E-state index in [2.05, 4.69) is 5.32 Å². The fraction of sp³-hybridized carbons (Fsp3) is 0.143. The van der Waals surface area contributed by atoms with E-state index in [0.717, 1.165) is 0 Å². The van der Waals surface area contributed by atoms with Crippen LogP contribution in [0.3, 0.4) is 0 Å². The normalized spacial score (nSPS) is 10.3. The van der Waals surface area contributed by atoms with Crippen LogP contribution in [-0.2, 0) is 6.54 Å². The number of nitro benzene ring substituents is 1. The van der Waals surface area contributed by atoms with Crippen molar-refractivity contribution in [2.75, 3.05) is 5.32 Å². The molecule has 0 radical (unpaired) electrons. The smallest absolute Gasteiger partial charge is 0.274 e. The number of rotatable bonds is 4. The standard InChI is InChI=1S/C14H13ClN2O3/c1-9-2-4-12(7-13(9)17(19)20)16-8-10-6-11(15)3-5-14(10)18/h2-7,16,18H,8H2,1H3. The van der Waals surface area contributed by atoms with Crippen LogP contribution in [-0.4, -0.2) is 10.0 Å². The van der Waals surface area contributed by atoms with Crippen molar-refractivity contribution in [3.05, 3.63) is 62.7 Å². The van der Waals surface area contributed by atoms with Gasteiger partial charge in [0.05, 0.1) is 4.92 Å². The second kappa shape index (κ2) is 5.79. The molecule has 0 unspecified atom stereocenters. The maximum atomic E-state index is 10.9. The average molecular weight is 293 g/mol. The van der Waals surface area contributed by atoms with Gasteiger partial charge in [-0.15, -0.1) is 0 Å². The van der Waals surface area contributed by atoms with E-state index >= 15 is 0 Å². The summed E-state index contributed by atoms with van der Waals surface area (Å²) in [5.74, 6) is 0.128. The minimum Gasteiger partial charge on any atom is -0.508 e. The Bertz CT molecular complexity index is 659. The quantitative estimate of drug-likeness (QED) is 0.662. The fourth-order valence-corrected chi connectivity index (χ4v) is 2.00. The van der Waals surface area contributed by atoms with Crippen LogP contribution in [0, 0.1) is 17.0 Å². The molecular formula is C14H13ClN2O3. The molecular weight excluding hydrogens is 280 g/mol. The van der Waals surface area contributed by atoms with Gasteiger partial charge in [-0.25, -0.2) is 0 Å². The Morgan fingerprint density at radius 1 is 1.30 bits per heavy atom. The number of phenols is 1. The molecule has 0 aliphatic heterocycles. The highest BCUT2D eigenvalue weighted by atomic mass is 35.5. The van der Waals surface area contributed by atoms with E-state index in [4.69, 9.17) is 11.6 Å². The van der Waals surface area contributed by atoms with Gasteiger partial charge in [0.25, 0.3) is 5.69 Å². The minimum atomic E-state index is -0.419. The van der Waals surface area contributed by atoms with Gasteiger partial charge in [-0.05, 0) is 31.2 Å². The Morgan fingerprint density at radius 2 is 2.05 bits per heavy atom. The number of nitro groups is 1. The van der Waals surface area contributed by atoms with Gasteiger partial charge in [-0.3, -0.25) is 10.1 Å². The molecule has 6 heteroatoms. The van der Waals surface area contributed by atoms with E-state index < -0.39 is 4.92 Å². The summed E-state index contributed by atoms with van der Waals surface area (Å²) >= 11 is 5.86. The van der Waals surface area contributed by atoms with Crippen molar-refractivity contribution >= 4 is 23.0 Å². The zero-order valence-corrected chi connectivity index (χ0v) is 11.5. The zero-order chi connectivity index (χ0) is 14.7. The summed E-state index contributed by atoms with van der Waals surface area (Å²) in [5.41, 5.74) is 1.90. The molecule has 20 heavy (non-hydrogen) atoms. The maximum absolute atomic E-state index is 10.9. The zero-order valence-electron chi connectivity index (χ0n) is 10.8. The number of phenolic OH excluding ortho intramolecular Hbond substituents is 1. The third kappa shape index (κ3) is 3.19. The summed E-state index contributed by atoms with van der Waals surface area (Å²) in [7, 11) is 0. The van der Waals surface area contributed by atoms with Gasteiger partial charge in [0, 0.05) is 34.4 Å². The first-order valence-electron chi connectivity index (χ1n) is 5.93. The molecule has 2 rings (SSSR count). The minimum absolute atomic E-state index is 0.0605. The third-order valence-corrected chi connectivity index (χ3v) is 3.17. The molecule has 0 spiro atoms. The van der Waals surface area contributed by atoms with Crippen LogP contribution < -0.4 is 5.32 Å². The van der Waals surface area contributed by atoms with Crippen molar-refractivity contribution < 1.29 is 10.0 Å². The van der Waals surface area contributed by atoms with Crippen molar-refractivity contribution in [2.24, 2.45) is 0 Å². The maximum Gasteiger partial charge on any atom is 0.274 e. The van der Waals surface area contributed by atoms with Gasteiger partial charge in [-0.2, -0.15) is 0 Å². The number of halogens is 1. The van der Waals surface area contributed by atoms with Crippen LogP contribution in [0.4, 0.5) is 11.4 Å². The second-order valence-electron chi connectivity index (χ2n) is 4.38. The van der Waals surface area contributed by atoms with E-state index in [0.29, 0.717) is 28.4 Å². The molecule has 0 bridgehead atoms. The summed E-state index contributed by atoms with van der Waals surface area (Å²) in [6.45, 7) is 2.01. The van der Waals surface area contributed by atoms with E-state index in [9.17, 15) is 15.2 Å². The lowest BCUT2D eigenvalue weighted by Gasteiger charge is -2.09. The molecule has 2 N–H and O–H groups in total. The number of hydrogen-bond donors (Lipinski definition) is 2. The van der Waals surface area contributed by atoms with E-state index in [1.807, 2.05) is 0 Å². The Labute approximate surface area is 121 Å². The number of nitrogens with one attached hydrogen (secondary N) is 1. The predicted molar refractivity (Wildman–Crippen MR) is 78.3 cm³/mol. The molecule has 2 aromatic carbocycles. The lowest BCUT2D eigenvalue weighted by Crippen LogP contribution is -2.01. The number of aryl methyl sites for hydroxylation is 1. The predicted octanol–water partition coefficient (Wildman–Crippen LogP) is 3.87. The topological polar surface area (TPSA) is 75.4 Å². The molecule has 0 aromatic heterocycles. The van der Waals surface area contributed by atoms with Crippen LogP contribution in [0.2, 0.25) is 5.02 Å². The molecule has 0 aliphatic carbocycles. The molecule has 104 valence electrons. The van der Waals surface area contributed by atoms with Gasteiger partial charge in [0.2, 0.25) is 0 Å². The van der Waals surface area contributed by atoms with Gasteiger partial charge in [0.1, 0.15) is 5.75 Å². The molecule has 0 heterocycles. The number of benzene rings is 2. The SMILES string of the molecule is Cc1ccc(NCc2cc(Cl)ccc2O)cc1[N+](=O)[O-]. The van der Waals surface area contributed by atoms with E-state index in [1.165, 1.54) is 12.1 Å². The molecule has 0 atom stereocenters. The number of anilines is 1. The largest absolute Gasteiger partial charge is 0.508 e. The first kappa shape index (κ1) is 14.1. The van der Waals surface area contributed by atoms with Gasteiger partial charge >= 0.3 is 0 Å². The first-order valence-corrected chi connectivity index (χ1v) is 6.31. The summed E-state index contributed by atoms with van der Waals surface area (Å²) in [4.78, 5) is 10.4. The summed E-state index contributed by atoms with van der Waals surface area (Å²) in [5, 5.41) is 24.1. The van der Waals surface area contributed by atoms with Gasteiger partial charge in [-0.1, -0.05) is 17.7 Å². The van der Waals surface area contributed by atoms with Crippen molar-refractivity contribution in [3.63, 3.8) is 0 Å².